The number of nitrogens with zero attached hydrogens (tertiary/aromatic N) is 3. The smallest absolute Gasteiger partial charge is 0.147 e. The van der Waals surface area contributed by atoms with Gasteiger partial charge in [-0.05, 0) is 32.9 Å². The molecule has 1 aromatic heterocycles. The van der Waals surface area contributed by atoms with Crippen LogP contribution in [0.25, 0.3) is 0 Å². The predicted octanol–water partition coefficient (Wildman–Crippen LogP) is 1.07. The molecule has 1 aliphatic heterocycles. The molecule has 0 aromatic carbocycles. The molecule has 78 valence electrons. The summed E-state index contributed by atoms with van der Waals surface area (Å²) in [7, 11) is 0. The maximum Gasteiger partial charge on any atom is 0.147 e. The van der Waals surface area contributed by atoms with E-state index in [0.29, 0.717) is 6.04 Å². The highest BCUT2D eigenvalue weighted by atomic mass is 15.4. The second-order valence-corrected chi connectivity index (χ2v) is 3.85. The van der Waals surface area contributed by atoms with Crippen molar-refractivity contribution in [2.24, 2.45) is 0 Å². The normalized spacial score (nSPS) is 18.7. The molecule has 14 heavy (non-hydrogen) atoms. The summed E-state index contributed by atoms with van der Waals surface area (Å²) in [5.41, 5.74) is 0. The van der Waals surface area contributed by atoms with Gasteiger partial charge in [0.25, 0.3) is 0 Å². The van der Waals surface area contributed by atoms with Gasteiger partial charge in [0.05, 0.1) is 6.04 Å². The van der Waals surface area contributed by atoms with E-state index in [4.69, 9.17) is 0 Å². The lowest BCUT2D eigenvalue weighted by Gasteiger charge is -2.23. The average molecular weight is 194 g/mol. The second-order valence-electron chi connectivity index (χ2n) is 3.85. The van der Waals surface area contributed by atoms with Gasteiger partial charge in [-0.3, -0.25) is 0 Å². The van der Waals surface area contributed by atoms with Crippen LogP contribution < -0.4 is 5.32 Å². The van der Waals surface area contributed by atoms with Crippen molar-refractivity contribution in [2.75, 3.05) is 13.1 Å². The molecule has 1 aliphatic rings. The SMILES string of the molecule is CCc1nc(C)nn1C1CCNCC1. The van der Waals surface area contributed by atoms with Crippen LogP contribution in [0.15, 0.2) is 0 Å². The fourth-order valence-corrected chi connectivity index (χ4v) is 2.06. The highest BCUT2D eigenvalue weighted by Crippen LogP contribution is 2.19. The number of hydrogen-bond acceptors (Lipinski definition) is 3. The summed E-state index contributed by atoms with van der Waals surface area (Å²) in [6.07, 6.45) is 3.33. The average Bonchev–Trinajstić information content (AvgIpc) is 2.61. The van der Waals surface area contributed by atoms with Crippen molar-refractivity contribution in [1.82, 2.24) is 20.1 Å². The maximum atomic E-state index is 4.48. The third-order valence-corrected chi connectivity index (χ3v) is 2.78. The van der Waals surface area contributed by atoms with Gasteiger partial charge in [-0.15, -0.1) is 0 Å². The Bertz CT molecular complexity index is 299. The minimum absolute atomic E-state index is 0.562. The van der Waals surface area contributed by atoms with E-state index >= 15 is 0 Å². The maximum absolute atomic E-state index is 4.48. The van der Waals surface area contributed by atoms with Crippen molar-refractivity contribution in [3.63, 3.8) is 0 Å². The molecule has 0 atom stereocenters. The van der Waals surface area contributed by atoms with Gasteiger partial charge in [-0.25, -0.2) is 9.67 Å². The van der Waals surface area contributed by atoms with Gasteiger partial charge in [0.2, 0.25) is 0 Å². The summed E-state index contributed by atoms with van der Waals surface area (Å²) in [6, 6.07) is 0.562. The quantitative estimate of drug-likeness (QED) is 0.766. The van der Waals surface area contributed by atoms with Crippen LogP contribution in [0.3, 0.4) is 0 Å². The molecule has 4 heteroatoms. The second kappa shape index (κ2) is 4.09. The standard InChI is InChI=1S/C10H18N4/c1-3-10-12-8(2)13-14(10)9-4-6-11-7-5-9/h9,11H,3-7H2,1-2H3. The summed E-state index contributed by atoms with van der Waals surface area (Å²) >= 11 is 0. The van der Waals surface area contributed by atoms with E-state index in [9.17, 15) is 0 Å². The lowest BCUT2D eigenvalue weighted by Crippen LogP contribution is -2.30. The summed E-state index contributed by atoms with van der Waals surface area (Å²) in [5.74, 6) is 2.04. The third kappa shape index (κ3) is 1.80. The molecule has 0 bridgehead atoms. The van der Waals surface area contributed by atoms with Crippen molar-refractivity contribution in [3.8, 4) is 0 Å². The molecule has 4 nitrogen and oxygen atoms in total. The Labute approximate surface area is 84.7 Å². The molecule has 0 aliphatic carbocycles. The van der Waals surface area contributed by atoms with Crippen molar-refractivity contribution in [1.29, 1.82) is 0 Å². The highest BCUT2D eigenvalue weighted by Gasteiger charge is 2.18. The Balaban J connectivity index is 2.20. The highest BCUT2D eigenvalue weighted by molar-refractivity contribution is 4.94. The van der Waals surface area contributed by atoms with E-state index in [-0.39, 0.29) is 0 Å². The summed E-state index contributed by atoms with van der Waals surface area (Å²) in [5, 5.41) is 7.85. The minimum atomic E-state index is 0.562. The molecule has 0 spiro atoms. The number of aryl methyl sites for hydroxylation is 2. The Hall–Kier alpha value is -0.900. The molecule has 1 fully saturated rings. The molecule has 1 aromatic rings. The van der Waals surface area contributed by atoms with Crippen molar-refractivity contribution in [3.05, 3.63) is 11.6 Å². The Kier molecular flexibility index (Phi) is 2.82. The molecule has 2 heterocycles. The van der Waals surface area contributed by atoms with Crippen LogP contribution in [0.4, 0.5) is 0 Å². The molecular formula is C10H18N4. The van der Waals surface area contributed by atoms with Gasteiger partial charge >= 0.3 is 0 Å². The van der Waals surface area contributed by atoms with E-state index < -0.39 is 0 Å². The Morgan fingerprint density at radius 1 is 1.43 bits per heavy atom. The molecule has 2 rings (SSSR count). The van der Waals surface area contributed by atoms with E-state index in [1.54, 1.807) is 0 Å². The van der Waals surface area contributed by atoms with Gasteiger partial charge in [0, 0.05) is 6.42 Å². The first kappa shape index (κ1) is 9.65. The zero-order chi connectivity index (χ0) is 9.97. The van der Waals surface area contributed by atoms with E-state index in [1.165, 1.54) is 12.8 Å². The molecule has 0 saturated carbocycles. The number of nitrogens with one attached hydrogen (secondary N) is 1. The largest absolute Gasteiger partial charge is 0.317 e. The van der Waals surface area contributed by atoms with Crippen LogP contribution in [-0.4, -0.2) is 27.9 Å². The summed E-state index contributed by atoms with van der Waals surface area (Å²) < 4.78 is 2.14. The van der Waals surface area contributed by atoms with Crippen LogP contribution in [0, 0.1) is 6.92 Å². The Morgan fingerprint density at radius 3 is 2.79 bits per heavy atom. The van der Waals surface area contributed by atoms with Crippen molar-refractivity contribution >= 4 is 0 Å². The van der Waals surface area contributed by atoms with Crippen LogP contribution >= 0.6 is 0 Å². The van der Waals surface area contributed by atoms with Crippen LogP contribution in [0.5, 0.6) is 0 Å². The lowest BCUT2D eigenvalue weighted by molar-refractivity contribution is 0.334. The van der Waals surface area contributed by atoms with Gasteiger partial charge in [0.1, 0.15) is 11.6 Å². The first-order valence-electron chi connectivity index (χ1n) is 5.44. The fourth-order valence-electron chi connectivity index (χ4n) is 2.06. The van der Waals surface area contributed by atoms with Gasteiger partial charge < -0.3 is 5.32 Å². The zero-order valence-corrected chi connectivity index (χ0v) is 8.95. The molecule has 0 unspecified atom stereocenters. The number of aromatic nitrogens is 3. The van der Waals surface area contributed by atoms with Crippen LogP contribution in [0.1, 0.15) is 37.5 Å². The first-order valence-corrected chi connectivity index (χ1v) is 5.44. The van der Waals surface area contributed by atoms with Crippen LogP contribution in [-0.2, 0) is 6.42 Å². The number of rotatable bonds is 2. The van der Waals surface area contributed by atoms with Gasteiger partial charge in [-0.1, -0.05) is 6.92 Å². The van der Waals surface area contributed by atoms with Crippen molar-refractivity contribution < 1.29 is 0 Å². The zero-order valence-electron chi connectivity index (χ0n) is 8.95. The van der Waals surface area contributed by atoms with E-state index in [1.807, 2.05) is 6.92 Å². The summed E-state index contributed by atoms with van der Waals surface area (Å²) in [4.78, 5) is 4.44. The summed E-state index contributed by atoms with van der Waals surface area (Å²) in [6.45, 7) is 6.32. The molecule has 1 N–H and O–H groups in total. The molecular weight excluding hydrogens is 176 g/mol. The number of piperidine rings is 1. The topological polar surface area (TPSA) is 42.7 Å². The van der Waals surface area contributed by atoms with Gasteiger partial charge in [0.15, 0.2) is 0 Å². The van der Waals surface area contributed by atoms with E-state index in [0.717, 1.165) is 31.2 Å². The first-order chi connectivity index (χ1) is 6.81. The van der Waals surface area contributed by atoms with Crippen molar-refractivity contribution in [2.45, 2.75) is 39.2 Å². The fraction of sp³-hybridized carbons (Fsp3) is 0.800. The van der Waals surface area contributed by atoms with Gasteiger partial charge in [-0.2, -0.15) is 5.10 Å². The number of hydrogen-bond donors (Lipinski definition) is 1. The lowest BCUT2D eigenvalue weighted by atomic mass is 10.1. The molecule has 1 saturated heterocycles. The molecule has 0 amide bonds. The molecule has 0 radical (unpaired) electrons. The Morgan fingerprint density at radius 2 is 2.14 bits per heavy atom. The monoisotopic (exact) mass is 194 g/mol. The minimum Gasteiger partial charge on any atom is -0.317 e. The predicted molar refractivity (Wildman–Crippen MR) is 55.3 cm³/mol. The third-order valence-electron chi connectivity index (χ3n) is 2.78. The van der Waals surface area contributed by atoms with Crippen LogP contribution in [0.2, 0.25) is 0 Å². The van der Waals surface area contributed by atoms with E-state index in [2.05, 4.69) is 27.0 Å².